The smallest absolute Gasteiger partial charge is 0.223 e. The first kappa shape index (κ1) is 14.2. The molecule has 3 aromatic heterocycles. The van der Waals surface area contributed by atoms with Crippen molar-refractivity contribution in [2.45, 2.75) is 20.4 Å². The predicted octanol–water partition coefficient (Wildman–Crippen LogP) is 2.88. The maximum absolute atomic E-state index is 6.27. The van der Waals surface area contributed by atoms with E-state index in [0.717, 1.165) is 21.8 Å². The van der Waals surface area contributed by atoms with E-state index in [0.29, 0.717) is 22.3 Å². The maximum atomic E-state index is 6.27. The molecule has 108 valence electrons. The molecular weight excluding hydrogens is 356 g/mol. The Morgan fingerprint density at radius 2 is 2.05 bits per heavy atom. The highest BCUT2D eigenvalue weighted by atomic mass is 79.9. The summed E-state index contributed by atoms with van der Waals surface area (Å²) in [5, 5.41) is 0.736. The Bertz CT molecular complexity index is 844. The van der Waals surface area contributed by atoms with Crippen LogP contribution in [-0.4, -0.2) is 24.5 Å². The third-order valence-corrected chi connectivity index (χ3v) is 4.42. The van der Waals surface area contributed by atoms with Gasteiger partial charge < -0.3 is 10.3 Å². The molecule has 3 heterocycles. The fourth-order valence-corrected chi connectivity index (χ4v) is 2.73. The molecule has 21 heavy (non-hydrogen) atoms. The summed E-state index contributed by atoms with van der Waals surface area (Å²) in [6.07, 6.45) is 3.46. The second-order valence-corrected chi connectivity index (χ2v) is 5.87. The van der Waals surface area contributed by atoms with Crippen LogP contribution in [0.1, 0.15) is 16.8 Å². The van der Waals surface area contributed by atoms with Gasteiger partial charge in [-0.25, -0.2) is 9.97 Å². The number of fused-ring (bicyclic) bond motifs is 1. The standard InChI is InChI=1S/C13H12BrClN6/c1-6-3-17-8(7(2)9(6)15)4-21-5-18-10-11(14)19-13(16)20-12(10)21/h3,5H,4H2,1-2H3,(H2,16,19,20). The van der Waals surface area contributed by atoms with E-state index < -0.39 is 0 Å². The van der Waals surface area contributed by atoms with Gasteiger partial charge in [0.15, 0.2) is 5.65 Å². The van der Waals surface area contributed by atoms with E-state index >= 15 is 0 Å². The lowest BCUT2D eigenvalue weighted by Gasteiger charge is -2.09. The predicted molar refractivity (Wildman–Crippen MR) is 85.3 cm³/mol. The van der Waals surface area contributed by atoms with Crippen LogP contribution < -0.4 is 5.73 Å². The largest absolute Gasteiger partial charge is 0.368 e. The van der Waals surface area contributed by atoms with E-state index in [1.54, 1.807) is 12.5 Å². The van der Waals surface area contributed by atoms with Gasteiger partial charge in [0.25, 0.3) is 0 Å². The second-order valence-electron chi connectivity index (χ2n) is 4.74. The van der Waals surface area contributed by atoms with Crippen molar-refractivity contribution in [3.05, 3.63) is 39.0 Å². The summed E-state index contributed by atoms with van der Waals surface area (Å²) in [4.78, 5) is 17.0. The van der Waals surface area contributed by atoms with E-state index in [1.165, 1.54) is 0 Å². The molecule has 0 atom stereocenters. The van der Waals surface area contributed by atoms with Gasteiger partial charge in [-0.15, -0.1) is 0 Å². The van der Waals surface area contributed by atoms with Gasteiger partial charge in [-0.1, -0.05) is 11.6 Å². The third kappa shape index (κ3) is 2.47. The second kappa shape index (κ2) is 5.23. The molecule has 2 N–H and O–H groups in total. The molecule has 0 unspecified atom stereocenters. The lowest BCUT2D eigenvalue weighted by Crippen LogP contribution is -2.06. The van der Waals surface area contributed by atoms with Gasteiger partial charge in [-0.3, -0.25) is 4.98 Å². The quantitative estimate of drug-likeness (QED) is 0.704. The topological polar surface area (TPSA) is 82.5 Å². The van der Waals surface area contributed by atoms with Gasteiger partial charge in [-0.05, 0) is 40.9 Å². The van der Waals surface area contributed by atoms with E-state index in [-0.39, 0.29) is 5.95 Å². The first-order chi connectivity index (χ1) is 9.97. The Morgan fingerprint density at radius 1 is 1.29 bits per heavy atom. The minimum atomic E-state index is 0.197. The number of hydrogen-bond acceptors (Lipinski definition) is 5. The first-order valence-corrected chi connectivity index (χ1v) is 7.39. The number of imidazole rings is 1. The number of anilines is 1. The lowest BCUT2D eigenvalue weighted by molar-refractivity contribution is 0.780. The van der Waals surface area contributed by atoms with Crippen molar-refractivity contribution in [2.75, 3.05) is 5.73 Å². The maximum Gasteiger partial charge on any atom is 0.223 e. The number of nitrogens with zero attached hydrogens (tertiary/aromatic N) is 5. The van der Waals surface area contributed by atoms with Crippen LogP contribution in [0, 0.1) is 13.8 Å². The van der Waals surface area contributed by atoms with Crippen molar-refractivity contribution in [2.24, 2.45) is 0 Å². The lowest BCUT2D eigenvalue weighted by atomic mass is 10.1. The van der Waals surface area contributed by atoms with Gasteiger partial charge in [0, 0.05) is 11.2 Å². The number of aryl methyl sites for hydroxylation is 1. The van der Waals surface area contributed by atoms with Gasteiger partial charge >= 0.3 is 0 Å². The Labute approximate surface area is 134 Å². The Kier molecular flexibility index (Phi) is 3.54. The third-order valence-electron chi connectivity index (χ3n) is 3.28. The van der Waals surface area contributed by atoms with E-state index in [9.17, 15) is 0 Å². The monoisotopic (exact) mass is 366 g/mol. The molecule has 0 spiro atoms. The van der Waals surface area contributed by atoms with Crippen molar-refractivity contribution in [1.82, 2.24) is 24.5 Å². The summed E-state index contributed by atoms with van der Waals surface area (Å²) in [6, 6.07) is 0. The van der Waals surface area contributed by atoms with Crippen LogP contribution >= 0.6 is 27.5 Å². The molecule has 6 nitrogen and oxygen atoms in total. The van der Waals surface area contributed by atoms with Crippen LogP contribution in [0.4, 0.5) is 5.95 Å². The van der Waals surface area contributed by atoms with Crippen LogP contribution in [0.25, 0.3) is 11.2 Å². The number of rotatable bonds is 2. The fourth-order valence-electron chi connectivity index (χ4n) is 2.11. The van der Waals surface area contributed by atoms with Crippen molar-refractivity contribution >= 4 is 44.6 Å². The van der Waals surface area contributed by atoms with Gasteiger partial charge in [0.2, 0.25) is 5.95 Å². The summed E-state index contributed by atoms with van der Waals surface area (Å²) >= 11 is 9.61. The number of nitrogens with two attached hydrogens (primary N) is 1. The Morgan fingerprint density at radius 3 is 2.81 bits per heavy atom. The molecule has 8 heteroatoms. The van der Waals surface area contributed by atoms with E-state index in [4.69, 9.17) is 17.3 Å². The zero-order valence-electron chi connectivity index (χ0n) is 11.4. The summed E-state index contributed by atoms with van der Waals surface area (Å²) in [7, 11) is 0. The molecule has 0 bridgehead atoms. The molecule has 0 fully saturated rings. The summed E-state index contributed by atoms with van der Waals surface area (Å²) in [5.41, 5.74) is 9.81. The van der Waals surface area contributed by atoms with Crippen molar-refractivity contribution in [3.63, 3.8) is 0 Å². The average Bonchev–Trinajstić information content (AvgIpc) is 2.83. The Hall–Kier alpha value is -1.73. The molecule has 0 aliphatic rings. The molecule has 0 aliphatic carbocycles. The number of pyridine rings is 1. The molecule has 0 saturated heterocycles. The Balaban J connectivity index is 2.09. The fraction of sp³-hybridized carbons (Fsp3) is 0.231. The molecule has 3 rings (SSSR count). The number of hydrogen-bond donors (Lipinski definition) is 1. The molecule has 0 amide bonds. The minimum Gasteiger partial charge on any atom is -0.368 e. The minimum absolute atomic E-state index is 0.197. The molecule has 0 saturated carbocycles. The zero-order valence-corrected chi connectivity index (χ0v) is 13.8. The molecular formula is C13H12BrClN6. The highest BCUT2D eigenvalue weighted by molar-refractivity contribution is 9.10. The highest BCUT2D eigenvalue weighted by Gasteiger charge is 2.13. The van der Waals surface area contributed by atoms with E-state index in [2.05, 4.69) is 35.9 Å². The molecule has 0 aliphatic heterocycles. The molecule has 0 aromatic carbocycles. The van der Waals surface area contributed by atoms with Gasteiger partial charge in [0.05, 0.1) is 18.6 Å². The summed E-state index contributed by atoms with van der Waals surface area (Å²) in [6.45, 7) is 4.41. The first-order valence-electron chi connectivity index (χ1n) is 6.21. The SMILES string of the molecule is Cc1cnc(Cn2cnc3c(Br)nc(N)nc32)c(C)c1Cl. The van der Waals surface area contributed by atoms with Crippen LogP contribution in [0.2, 0.25) is 5.02 Å². The molecule has 0 radical (unpaired) electrons. The zero-order chi connectivity index (χ0) is 15.1. The summed E-state index contributed by atoms with van der Waals surface area (Å²) in [5.74, 6) is 0.197. The number of aromatic nitrogens is 5. The average molecular weight is 368 g/mol. The van der Waals surface area contributed by atoms with Gasteiger partial charge in [0.1, 0.15) is 10.1 Å². The molecule has 3 aromatic rings. The van der Waals surface area contributed by atoms with Crippen LogP contribution in [0.15, 0.2) is 17.1 Å². The highest BCUT2D eigenvalue weighted by Crippen LogP contribution is 2.24. The summed E-state index contributed by atoms with van der Waals surface area (Å²) < 4.78 is 2.45. The van der Waals surface area contributed by atoms with Crippen molar-refractivity contribution < 1.29 is 0 Å². The normalized spacial score (nSPS) is 11.2. The van der Waals surface area contributed by atoms with Crippen molar-refractivity contribution in [1.29, 1.82) is 0 Å². The number of nitrogen functional groups attached to an aromatic ring is 1. The number of halogens is 2. The van der Waals surface area contributed by atoms with Crippen LogP contribution in [0.3, 0.4) is 0 Å². The van der Waals surface area contributed by atoms with Crippen molar-refractivity contribution in [3.8, 4) is 0 Å². The van der Waals surface area contributed by atoms with Crippen LogP contribution in [-0.2, 0) is 6.54 Å². The van der Waals surface area contributed by atoms with Crippen LogP contribution in [0.5, 0.6) is 0 Å². The van der Waals surface area contributed by atoms with E-state index in [1.807, 2.05) is 18.4 Å². The van der Waals surface area contributed by atoms with Gasteiger partial charge in [-0.2, -0.15) is 4.98 Å².